The van der Waals surface area contributed by atoms with E-state index in [0.29, 0.717) is 0 Å². The van der Waals surface area contributed by atoms with Crippen molar-refractivity contribution in [3.05, 3.63) is 285 Å². The van der Waals surface area contributed by atoms with Crippen molar-refractivity contribution in [1.82, 2.24) is 9.13 Å². The number of rotatable bonds is 4. The number of benzene rings is 8. The van der Waals surface area contributed by atoms with Gasteiger partial charge in [0, 0.05) is 27.1 Å². The van der Waals surface area contributed by atoms with Gasteiger partial charge >= 0.3 is 5.91 Å². The molecule has 0 radical (unpaired) electrons. The first-order valence-electron chi connectivity index (χ1n) is 22.9. The summed E-state index contributed by atoms with van der Waals surface area (Å²) in [5.74, 6) is -0.950. The third-order valence-electron chi connectivity index (χ3n) is 15.3. The van der Waals surface area contributed by atoms with Crippen LogP contribution in [0.5, 0.6) is 0 Å². The summed E-state index contributed by atoms with van der Waals surface area (Å²) in [6.45, 7) is 0. The number of hydrogen-bond donors (Lipinski definition) is 0. The Morgan fingerprint density at radius 2 is 0.862 bits per heavy atom. The highest BCUT2D eigenvalue weighted by atomic mass is 15.6. The van der Waals surface area contributed by atoms with Gasteiger partial charge in [-0.15, -0.1) is 4.58 Å². The highest BCUT2D eigenvalue weighted by molar-refractivity contribution is 6.35. The van der Waals surface area contributed by atoms with E-state index in [4.69, 9.17) is 0 Å². The largest absolute Gasteiger partial charge is 0.548 e. The van der Waals surface area contributed by atoms with Crippen molar-refractivity contribution in [1.29, 1.82) is 0 Å². The van der Waals surface area contributed by atoms with Crippen LogP contribution in [0.4, 0.5) is 0 Å². The molecule has 3 unspecified atom stereocenters. The van der Waals surface area contributed by atoms with Crippen molar-refractivity contribution < 1.29 is 9.15 Å². The second-order valence-electron chi connectivity index (χ2n) is 18.2. The monoisotopic (exact) mass is 826 g/mol. The van der Waals surface area contributed by atoms with Crippen LogP contribution in [-0.2, 0) is 5.91 Å². The number of hydrogen-bond acceptors (Lipinski definition) is 0. The molecule has 4 heteroatoms. The molecule has 3 atom stereocenters. The molecule has 6 aliphatic heterocycles. The van der Waals surface area contributed by atoms with Gasteiger partial charge in [-0.1, -0.05) is 205 Å². The topological polar surface area (TPSA) is 15.9 Å². The molecule has 16 rings (SSSR count). The average molecular weight is 827 g/mol. The lowest BCUT2D eigenvalue weighted by Gasteiger charge is -2.45. The summed E-state index contributed by atoms with van der Waals surface area (Å²) in [7, 11) is 0. The van der Waals surface area contributed by atoms with Crippen LogP contribution >= 0.6 is 0 Å². The summed E-state index contributed by atoms with van der Waals surface area (Å²) >= 11 is 0. The van der Waals surface area contributed by atoms with Crippen LogP contribution in [0, 0.1) is 0 Å². The Morgan fingerprint density at radius 1 is 0.385 bits per heavy atom. The zero-order valence-electron chi connectivity index (χ0n) is 35.2. The van der Waals surface area contributed by atoms with Gasteiger partial charge in [0.2, 0.25) is 23.2 Å². The third kappa shape index (κ3) is 3.86. The fourth-order valence-corrected chi connectivity index (χ4v) is 13.3. The van der Waals surface area contributed by atoms with E-state index in [-0.39, 0.29) is 12.0 Å². The Balaban J connectivity index is 1.28. The second-order valence-corrected chi connectivity index (χ2v) is 18.2. The minimum Gasteiger partial charge on any atom is -0.201 e. The predicted molar refractivity (Wildman–Crippen MR) is 259 cm³/mol. The maximum absolute atomic E-state index is 2.91. The smallest absolute Gasteiger partial charge is 0.201 e. The number of aromatic nitrogens is 2. The van der Waals surface area contributed by atoms with E-state index in [9.17, 15) is 0 Å². The van der Waals surface area contributed by atoms with Crippen LogP contribution in [0.2, 0.25) is 0 Å². The molecule has 300 valence electrons. The maximum atomic E-state index is 2.91. The molecule has 2 aromatic heterocycles. The zero-order chi connectivity index (χ0) is 42.1. The van der Waals surface area contributed by atoms with Gasteiger partial charge in [0.25, 0.3) is 0 Å². The minimum absolute atomic E-state index is 0.0161. The van der Waals surface area contributed by atoms with E-state index in [1.807, 2.05) is 0 Å². The summed E-state index contributed by atoms with van der Waals surface area (Å²) in [4.78, 5) is 0. The average Bonchev–Trinajstić information content (AvgIpc) is 4.12. The molecule has 0 bridgehead atoms. The molecule has 8 heterocycles. The van der Waals surface area contributed by atoms with Gasteiger partial charge in [-0.3, -0.25) is 0 Å². The lowest BCUT2D eigenvalue weighted by Crippen LogP contribution is -2.72. The molecule has 8 aromatic carbocycles. The summed E-state index contributed by atoms with van der Waals surface area (Å²) in [6.07, 6.45) is 0. The van der Waals surface area contributed by atoms with Gasteiger partial charge in [-0.25, -0.2) is 4.57 Å². The molecular weight excluding hydrogens is 789 g/mol. The normalized spacial score (nSPS) is 20.1. The molecule has 0 saturated heterocycles. The molecule has 10 aromatic rings. The van der Waals surface area contributed by atoms with Crippen molar-refractivity contribution >= 4 is 55.4 Å². The molecule has 0 saturated carbocycles. The molecule has 4 nitrogen and oxygen atoms in total. The molecule has 0 amide bonds. The predicted octanol–water partition coefficient (Wildman–Crippen LogP) is 10.6. The van der Waals surface area contributed by atoms with Crippen LogP contribution in [-0.4, -0.2) is 29.7 Å². The first-order valence-corrected chi connectivity index (χ1v) is 22.9. The van der Waals surface area contributed by atoms with Gasteiger partial charge in [-0.05, 0) is 40.5 Å². The summed E-state index contributed by atoms with van der Waals surface area (Å²) < 4.78 is 11.4. The zero-order valence-corrected chi connectivity index (χ0v) is 35.2. The van der Waals surface area contributed by atoms with Gasteiger partial charge in [-0.2, -0.15) is 4.57 Å². The van der Waals surface area contributed by atoms with Crippen molar-refractivity contribution in [2.75, 3.05) is 0 Å². The minimum atomic E-state index is -0.934. The molecule has 1 spiro atoms. The van der Waals surface area contributed by atoms with E-state index < -0.39 is 5.91 Å². The summed E-state index contributed by atoms with van der Waals surface area (Å²) in [5, 5.41) is 7.61. The molecule has 0 fully saturated rings. The Morgan fingerprint density at radius 3 is 1.49 bits per heavy atom. The molecular formula is C61H38N4+2. The highest BCUT2D eigenvalue weighted by Gasteiger charge is 2.77. The fourth-order valence-electron chi connectivity index (χ4n) is 13.3. The van der Waals surface area contributed by atoms with Crippen molar-refractivity contribution in [2.45, 2.75) is 17.9 Å². The van der Waals surface area contributed by atoms with Gasteiger partial charge in [0.05, 0.1) is 61.4 Å². The molecule has 0 aliphatic carbocycles. The van der Waals surface area contributed by atoms with E-state index in [2.05, 4.69) is 237 Å². The van der Waals surface area contributed by atoms with Crippen LogP contribution in [0.3, 0.4) is 0 Å². The van der Waals surface area contributed by atoms with Crippen LogP contribution < -0.4 is 10.7 Å². The summed E-state index contributed by atoms with van der Waals surface area (Å²) in [5.41, 5.74) is 20.3. The maximum Gasteiger partial charge on any atom is 0.548 e. The van der Waals surface area contributed by atoms with Gasteiger partial charge in [0.15, 0.2) is 0 Å². The van der Waals surface area contributed by atoms with Gasteiger partial charge in [0.1, 0.15) is 0 Å². The Kier molecular flexibility index (Phi) is 6.32. The Labute approximate surface area is 374 Å². The highest BCUT2D eigenvalue weighted by Crippen LogP contribution is 2.62. The van der Waals surface area contributed by atoms with Crippen LogP contribution in [0.15, 0.2) is 218 Å². The lowest BCUT2D eigenvalue weighted by atomic mass is 9.81. The molecule has 65 heavy (non-hydrogen) atoms. The molecule has 0 N–H and O–H groups in total. The lowest BCUT2D eigenvalue weighted by molar-refractivity contribution is -0.862. The second kappa shape index (κ2) is 12.0. The number of nitrogens with zero attached hydrogens (tertiary/aromatic N) is 4. The Bertz CT molecular complexity index is 4040. The van der Waals surface area contributed by atoms with Crippen molar-refractivity contribution in [3.63, 3.8) is 0 Å². The third-order valence-corrected chi connectivity index (χ3v) is 15.3. The quantitative estimate of drug-likeness (QED) is 0.157. The fraction of sp³-hybridized carbons (Fsp3) is 0.0492. The molecule has 6 aliphatic rings. The van der Waals surface area contributed by atoms with Crippen LogP contribution in [0.25, 0.3) is 44.0 Å². The van der Waals surface area contributed by atoms with E-state index in [0.717, 1.165) is 0 Å². The van der Waals surface area contributed by atoms with E-state index in [1.54, 1.807) is 0 Å². The standard InChI is InChI=1S/C61H38N4/c1-5-21-37(22-6-1)49-53-41-29-13-15-31-43(41)55-50(38-23-7-2-8-24-38)57-45-33-17-19-35-47(45)59-52(40-27-11-4-12-28-40)60-48-36-20-18-34-46(48)58-51(39-25-9-3-10-26-39)56-44-32-16-14-30-42(44)54(49)63(56)61(62(53)55,64(57)59)65(58)60/h1-36,49,53H/q+2. The first-order chi connectivity index (χ1) is 32.4. The van der Waals surface area contributed by atoms with Crippen LogP contribution in [0.1, 0.15) is 67.9 Å². The van der Waals surface area contributed by atoms with Crippen molar-refractivity contribution in [2.24, 2.45) is 0 Å². The SMILES string of the molecule is c1ccc(C2=C3c4ccccc4C4=[N+]3C35n6c2c2ccccc2c6C(c2ccccc2)C2c6ccccc6C(=[N+]23)C(c2ccccc2)=c2c3ccccc3c(n25)=C4c2ccccc2)cc1. The van der Waals surface area contributed by atoms with Gasteiger partial charge < -0.3 is 0 Å². The first kappa shape index (κ1) is 34.2. The van der Waals surface area contributed by atoms with E-state index in [1.165, 1.54) is 122 Å². The summed E-state index contributed by atoms with van der Waals surface area (Å²) in [6, 6.07) is 82.2. The Hall–Kier alpha value is -8.34. The van der Waals surface area contributed by atoms with Crippen molar-refractivity contribution in [3.8, 4) is 0 Å². The van der Waals surface area contributed by atoms with E-state index >= 15 is 0 Å². The number of fused-ring (bicyclic) bond motifs is 12.